The number of thiocarbonyl (C=S) groups is 1. The highest BCUT2D eigenvalue weighted by molar-refractivity contribution is 7.80. The average Bonchev–Trinajstić information content (AvgIpc) is 3.49. The first-order chi connectivity index (χ1) is 21.0. The number of piperazine rings is 1. The van der Waals surface area contributed by atoms with Crippen LogP contribution in [0.25, 0.3) is 17.4 Å². The molecular formula is C30H21Cl2F5N4O2S. The summed E-state index contributed by atoms with van der Waals surface area (Å²) in [6.07, 6.45) is 2.73. The van der Waals surface area contributed by atoms with E-state index >= 15 is 0 Å². The number of benzene rings is 3. The van der Waals surface area contributed by atoms with Crippen LogP contribution in [-0.4, -0.2) is 37.2 Å². The predicted octanol–water partition coefficient (Wildman–Crippen LogP) is 7.80. The number of halogens is 7. The Bertz CT molecular complexity index is 1730. The van der Waals surface area contributed by atoms with Crippen LogP contribution in [-0.2, 0) is 4.79 Å². The second-order valence-electron chi connectivity index (χ2n) is 9.52. The van der Waals surface area contributed by atoms with E-state index in [0.717, 1.165) is 10.6 Å². The highest BCUT2D eigenvalue weighted by Gasteiger charge is 2.30. The number of nitrogens with one attached hydrogen (secondary N) is 2. The van der Waals surface area contributed by atoms with Crippen molar-refractivity contribution in [3.8, 4) is 11.3 Å². The van der Waals surface area contributed by atoms with Gasteiger partial charge in [0.05, 0.1) is 10.0 Å². The van der Waals surface area contributed by atoms with E-state index < -0.39 is 40.7 Å². The number of anilines is 3. The molecule has 4 aromatic rings. The standard InChI is InChI=1S/C30H21Cl2F5N4O2S/c31-20-3-1-2-19(23(20)32)21-10-8-18(43-21)9-11-22(42)39-30(44)38-16-4-6-17(7-5-16)40-12-14-41(15-13-40)29-27(36)25(34)24(33)26(35)28(29)37/h1-11H,12-15H2,(H2,38,39,42,44). The molecule has 5 rings (SSSR count). The van der Waals surface area contributed by atoms with E-state index in [9.17, 15) is 26.7 Å². The molecule has 44 heavy (non-hydrogen) atoms. The summed E-state index contributed by atoms with van der Waals surface area (Å²) in [5, 5.41) is 6.23. The van der Waals surface area contributed by atoms with Gasteiger partial charge in [-0.05, 0) is 66.8 Å². The van der Waals surface area contributed by atoms with Crippen molar-refractivity contribution >= 4 is 69.6 Å². The van der Waals surface area contributed by atoms with Gasteiger partial charge in [0.2, 0.25) is 11.7 Å². The number of rotatable bonds is 6. The van der Waals surface area contributed by atoms with Crippen molar-refractivity contribution in [3.63, 3.8) is 0 Å². The summed E-state index contributed by atoms with van der Waals surface area (Å²) < 4.78 is 74.8. The van der Waals surface area contributed by atoms with E-state index in [1.165, 1.54) is 12.2 Å². The van der Waals surface area contributed by atoms with Gasteiger partial charge in [0, 0.05) is 49.2 Å². The van der Waals surface area contributed by atoms with E-state index in [2.05, 4.69) is 10.6 Å². The van der Waals surface area contributed by atoms with Gasteiger partial charge in [-0.2, -0.15) is 0 Å². The van der Waals surface area contributed by atoms with Crippen LogP contribution in [0.15, 0.2) is 65.1 Å². The maximum Gasteiger partial charge on any atom is 0.250 e. The molecule has 0 atom stereocenters. The van der Waals surface area contributed by atoms with Crippen LogP contribution >= 0.6 is 35.4 Å². The zero-order valence-corrected chi connectivity index (χ0v) is 24.8. The first-order valence-electron chi connectivity index (χ1n) is 13.0. The first-order valence-corrected chi connectivity index (χ1v) is 14.2. The fourth-order valence-electron chi connectivity index (χ4n) is 4.57. The van der Waals surface area contributed by atoms with Crippen LogP contribution in [0, 0.1) is 29.1 Å². The molecule has 1 aliphatic rings. The molecule has 1 fully saturated rings. The third-order valence-corrected chi connectivity index (χ3v) is 7.78. The SMILES string of the molecule is O=C(C=Cc1ccc(-c2cccc(Cl)c2Cl)o1)NC(=S)Nc1ccc(N2CCN(c3c(F)c(F)c(F)c(F)c3F)CC2)cc1. The molecule has 0 spiro atoms. The van der Waals surface area contributed by atoms with Gasteiger partial charge >= 0.3 is 0 Å². The van der Waals surface area contributed by atoms with Crippen molar-refractivity contribution < 1.29 is 31.2 Å². The molecule has 0 unspecified atom stereocenters. The van der Waals surface area contributed by atoms with E-state index in [1.807, 2.05) is 4.90 Å². The number of carbonyl (C=O) groups excluding carboxylic acids is 1. The molecule has 2 heterocycles. The molecule has 1 saturated heterocycles. The Hall–Kier alpha value is -4.13. The molecule has 0 saturated carbocycles. The molecule has 0 bridgehead atoms. The number of amides is 1. The van der Waals surface area contributed by atoms with Crippen LogP contribution in [0.3, 0.4) is 0 Å². The van der Waals surface area contributed by atoms with Crippen molar-refractivity contribution in [1.29, 1.82) is 0 Å². The summed E-state index contributed by atoms with van der Waals surface area (Å²) in [7, 11) is 0. The minimum Gasteiger partial charge on any atom is -0.457 e. The third-order valence-electron chi connectivity index (χ3n) is 6.75. The number of carbonyl (C=O) groups is 1. The van der Waals surface area contributed by atoms with Crippen LogP contribution in [0.2, 0.25) is 10.0 Å². The minimum absolute atomic E-state index is 0.0374. The van der Waals surface area contributed by atoms with Crippen molar-refractivity contribution in [1.82, 2.24) is 5.32 Å². The lowest BCUT2D eigenvalue weighted by Gasteiger charge is -2.37. The van der Waals surface area contributed by atoms with Crippen LogP contribution in [0.4, 0.5) is 39.0 Å². The van der Waals surface area contributed by atoms with Crippen molar-refractivity contribution in [2.24, 2.45) is 0 Å². The fourth-order valence-corrected chi connectivity index (χ4v) is 5.18. The summed E-state index contributed by atoms with van der Waals surface area (Å²) in [4.78, 5) is 15.4. The molecule has 14 heteroatoms. The Morgan fingerprint density at radius 1 is 0.818 bits per heavy atom. The molecule has 1 aromatic heterocycles. The van der Waals surface area contributed by atoms with Crippen molar-refractivity contribution in [3.05, 3.63) is 106 Å². The molecule has 2 N–H and O–H groups in total. The normalized spacial score (nSPS) is 13.4. The number of hydrogen-bond donors (Lipinski definition) is 2. The number of nitrogens with zero attached hydrogens (tertiary/aromatic N) is 2. The Labute approximate surface area is 263 Å². The Morgan fingerprint density at radius 2 is 1.43 bits per heavy atom. The van der Waals surface area contributed by atoms with Crippen LogP contribution in [0.5, 0.6) is 0 Å². The van der Waals surface area contributed by atoms with E-state index in [0.29, 0.717) is 32.8 Å². The molecule has 6 nitrogen and oxygen atoms in total. The molecular weight excluding hydrogens is 646 g/mol. The highest BCUT2D eigenvalue weighted by Crippen LogP contribution is 2.35. The predicted molar refractivity (Wildman–Crippen MR) is 165 cm³/mol. The van der Waals surface area contributed by atoms with Crippen molar-refractivity contribution in [2.75, 3.05) is 41.3 Å². The van der Waals surface area contributed by atoms with Crippen LogP contribution in [0.1, 0.15) is 5.76 Å². The summed E-state index contributed by atoms with van der Waals surface area (Å²) in [5.74, 6) is -9.42. The summed E-state index contributed by atoms with van der Waals surface area (Å²) in [5.41, 5.74) is 1.04. The maximum absolute atomic E-state index is 14.2. The lowest BCUT2D eigenvalue weighted by Crippen LogP contribution is -2.47. The largest absolute Gasteiger partial charge is 0.457 e. The smallest absolute Gasteiger partial charge is 0.250 e. The second-order valence-corrected chi connectivity index (χ2v) is 10.7. The van der Waals surface area contributed by atoms with Gasteiger partial charge in [-0.3, -0.25) is 10.1 Å². The zero-order chi connectivity index (χ0) is 31.5. The first kappa shape index (κ1) is 31.3. The zero-order valence-electron chi connectivity index (χ0n) is 22.4. The Balaban J connectivity index is 1.12. The molecule has 3 aromatic carbocycles. The molecule has 228 valence electrons. The van der Waals surface area contributed by atoms with Gasteiger partial charge in [-0.15, -0.1) is 0 Å². The second kappa shape index (κ2) is 13.2. The summed E-state index contributed by atoms with van der Waals surface area (Å²) in [6.45, 7) is 0.623. The number of furan rings is 1. The lowest BCUT2D eigenvalue weighted by molar-refractivity contribution is -0.115. The van der Waals surface area contributed by atoms with Gasteiger partial charge in [0.1, 0.15) is 17.2 Å². The number of hydrogen-bond acceptors (Lipinski definition) is 5. The van der Waals surface area contributed by atoms with Crippen LogP contribution < -0.4 is 20.4 Å². The Morgan fingerprint density at radius 3 is 2.09 bits per heavy atom. The lowest BCUT2D eigenvalue weighted by atomic mass is 10.2. The topological polar surface area (TPSA) is 60.8 Å². The summed E-state index contributed by atoms with van der Waals surface area (Å²) in [6, 6.07) is 15.5. The molecule has 1 aliphatic heterocycles. The molecule has 1 amide bonds. The van der Waals surface area contributed by atoms with Gasteiger partial charge in [-0.1, -0.05) is 29.3 Å². The molecule has 0 aliphatic carbocycles. The third kappa shape index (κ3) is 6.67. The summed E-state index contributed by atoms with van der Waals surface area (Å²) >= 11 is 17.5. The Kier molecular flexibility index (Phi) is 9.42. The molecule has 0 radical (unpaired) electrons. The maximum atomic E-state index is 14.2. The fraction of sp³-hybridized carbons (Fsp3) is 0.133. The highest BCUT2D eigenvalue weighted by atomic mass is 35.5. The van der Waals surface area contributed by atoms with Gasteiger partial charge in [0.25, 0.3) is 0 Å². The van der Waals surface area contributed by atoms with E-state index in [-0.39, 0.29) is 31.3 Å². The quantitative estimate of drug-likeness (QED) is 0.0720. The van der Waals surface area contributed by atoms with E-state index in [1.54, 1.807) is 54.6 Å². The monoisotopic (exact) mass is 666 g/mol. The average molecular weight is 667 g/mol. The van der Waals surface area contributed by atoms with Gasteiger partial charge in [0.15, 0.2) is 28.4 Å². The van der Waals surface area contributed by atoms with Gasteiger partial charge in [-0.25, -0.2) is 22.0 Å². The van der Waals surface area contributed by atoms with Gasteiger partial charge < -0.3 is 19.5 Å². The van der Waals surface area contributed by atoms with E-state index in [4.69, 9.17) is 39.8 Å². The van der Waals surface area contributed by atoms with Crippen molar-refractivity contribution in [2.45, 2.75) is 0 Å². The minimum atomic E-state index is -2.18.